The van der Waals surface area contributed by atoms with Crippen molar-refractivity contribution < 1.29 is 0 Å². The summed E-state index contributed by atoms with van der Waals surface area (Å²) in [6.07, 6.45) is 4.69. The Hall–Kier alpha value is -3.18. The van der Waals surface area contributed by atoms with Crippen molar-refractivity contribution in [2.75, 3.05) is 11.9 Å². The normalized spacial score (nSPS) is 11.4. The summed E-state index contributed by atoms with van der Waals surface area (Å²) in [4.78, 5) is 13.4. The van der Waals surface area contributed by atoms with Crippen LogP contribution in [0.25, 0.3) is 32.2 Å². The summed E-state index contributed by atoms with van der Waals surface area (Å²) in [5.74, 6) is 0.908. The predicted octanol–water partition coefficient (Wildman–Crippen LogP) is 6.11. The number of H-pyrrole nitrogens is 1. The molecule has 2 aromatic carbocycles. The Morgan fingerprint density at radius 3 is 2.83 bits per heavy atom. The highest BCUT2D eigenvalue weighted by Gasteiger charge is 2.14. The van der Waals surface area contributed by atoms with Crippen molar-refractivity contribution in [3.05, 3.63) is 77.1 Å². The number of para-hydroxylation sites is 1. The fourth-order valence-electron chi connectivity index (χ4n) is 3.98. The maximum Gasteiger partial charge on any atom is 0.138 e. The lowest BCUT2D eigenvalue weighted by molar-refractivity contribution is 1.01. The molecule has 0 amide bonds. The summed E-state index contributed by atoms with van der Waals surface area (Å²) in [7, 11) is 0. The van der Waals surface area contributed by atoms with Crippen molar-refractivity contribution >= 4 is 38.3 Å². The van der Waals surface area contributed by atoms with Crippen molar-refractivity contribution in [2.45, 2.75) is 20.3 Å². The molecule has 0 radical (unpaired) electrons. The monoisotopic (exact) mass is 398 g/mol. The van der Waals surface area contributed by atoms with Crippen LogP contribution in [-0.4, -0.2) is 21.5 Å². The number of benzene rings is 2. The van der Waals surface area contributed by atoms with E-state index in [1.54, 1.807) is 17.7 Å². The van der Waals surface area contributed by atoms with Crippen LogP contribution in [0.4, 0.5) is 5.82 Å². The van der Waals surface area contributed by atoms with Gasteiger partial charge in [0, 0.05) is 34.6 Å². The largest absolute Gasteiger partial charge is 0.369 e. The van der Waals surface area contributed by atoms with E-state index in [2.05, 4.69) is 88.2 Å². The summed E-state index contributed by atoms with van der Waals surface area (Å²) in [6.45, 7) is 5.11. The van der Waals surface area contributed by atoms with Gasteiger partial charge in [-0.15, -0.1) is 11.3 Å². The number of thiophene rings is 1. The SMILES string of the molecule is Cc1ccc(-c2csc3ncnc(NCCc4c[nH]c5ccccc45)c23)c(C)c1. The molecule has 3 aromatic heterocycles. The molecule has 2 N–H and O–H groups in total. The quantitative estimate of drug-likeness (QED) is 0.375. The molecule has 0 saturated heterocycles. The van der Waals surface area contributed by atoms with Gasteiger partial charge in [-0.3, -0.25) is 0 Å². The first-order valence-corrected chi connectivity index (χ1v) is 10.7. The van der Waals surface area contributed by atoms with Crippen LogP contribution in [0, 0.1) is 13.8 Å². The first-order valence-electron chi connectivity index (χ1n) is 9.79. The minimum atomic E-state index is 0.816. The van der Waals surface area contributed by atoms with Crippen LogP contribution >= 0.6 is 11.3 Å². The number of rotatable bonds is 5. The van der Waals surface area contributed by atoms with Gasteiger partial charge in [0.2, 0.25) is 0 Å². The van der Waals surface area contributed by atoms with Gasteiger partial charge < -0.3 is 10.3 Å². The molecular weight excluding hydrogens is 376 g/mol. The highest BCUT2D eigenvalue weighted by molar-refractivity contribution is 7.17. The number of fused-ring (bicyclic) bond motifs is 2. The van der Waals surface area contributed by atoms with E-state index >= 15 is 0 Å². The van der Waals surface area contributed by atoms with Gasteiger partial charge in [0.1, 0.15) is 17.0 Å². The van der Waals surface area contributed by atoms with Crippen molar-refractivity contribution in [2.24, 2.45) is 0 Å². The van der Waals surface area contributed by atoms with Crippen LogP contribution in [0.1, 0.15) is 16.7 Å². The van der Waals surface area contributed by atoms with Crippen molar-refractivity contribution in [3.63, 3.8) is 0 Å². The number of aromatic nitrogens is 3. The molecule has 0 saturated carbocycles. The van der Waals surface area contributed by atoms with E-state index in [4.69, 9.17) is 0 Å². The maximum absolute atomic E-state index is 4.57. The Bertz CT molecular complexity index is 1320. The number of nitrogens with one attached hydrogen (secondary N) is 2. The van der Waals surface area contributed by atoms with E-state index in [1.165, 1.54) is 38.7 Å². The third kappa shape index (κ3) is 3.28. The predicted molar refractivity (Wildman–Crippen MR) is 123 cm³/mol. The van der Waals surface area contributed by atoms with Gasteiger partial charge in [0.05, 0.1) is 5.39 Å². The van der Waals surface area contributed by atoms with Crippen molar-refractivity contribution in [1.82, 2.24) is 15.0 Å². The maximum atomic E-state index is 4.57. The minimum absolute atomic E-state index is 0.816. The molecule has 0 bridgehead atoms. The van der Waals surface area contributed by atoms with Crippen LogP contribution in [0.3, 0.4) is 0 Å². The molecule has 3 heterocycles. The zero-order valence-electron chi connectivity index (χ0n) is 16.5. The lowest BCUT2D eigenvalue weighted by Gasteiger charge is -2.10. The van der Waals surface area contributed by atoms with Crippen LogP contribution in [-0.2, 0) is 6.42 Å². The molecule has 144 valence electrons. The van der Waals surface area contributed by atoms with E-state index in [0.29, 0.717) is 0 Å². The molecule has 0 aliphatic heterocycles. The lowest BCUT2D eigenvalue weighted by Crippen LogP contribution is -2.06. The molecule has 0 aliphatic carbocycles. The number of nitrogens with zero attached hydrogens (tertiary/aromatic N) is 2. The Morgan fingerprint density at radius 2 is 1.93 bits per heavy atom. The molecule has 0 atom stereocenters. The fraction of sp³-hybridized carbons (Fsp3) is 0.167. The Labute approximate surface area is 173 Å². The number of hydrogen-bond donors (Lipinski definition) is 2. The highest BCUT2D eigenvalue weighted by Crippen LogP contribution is 2.38. The average Bonchev–Trinajstić information content (AvgIpc) is 3.33. The average molecular weight is 399 g/mol. The smallest absolute Gasteiger partial charge is 0.138 e. The summed E-state index contributed by atoms with van der Waals surface area (Å²) in [5.41, 5.74) is 7.51. The van der Waals surface area contributed by atoms with Crippen LogP contribution in [0.2, 0.25) is 0 Å². The van der Waals surface area contributed by atoms with Gasteiger partial charge in [-0.25, -0.2) is 9.97 Å². The van der Waals surface area contributed by atoms with Crippen molar-refractivity contribution in [3.8, 4) is 11.1 Å². The number of anilines is 1. The molecule has 0 aliphatic rings. The van der Waals surface area contributed by atoms with Gasteiger partial charge in [-0.05, 0) is 43.0 Å². The number of aryl methyl sites for hydroxylation is 2. The second-order valence-corrected chi connectivity index (χ2v) is 8.26. The van der Waals surface area contributed by atoms with Gasteiger partial charge in [0.25, 0.3) is 0 Å². The second-order valence-electron chi connectivity index (χ2n) is 7.41. The molecule has 5 rings (SSSR count). The molecule has 5 heteroatoms. The Balaban J connectivity index is 1.45. The molecule has 0 fully saturated rings. The van der Waals surface area contributed by atoms with E-state index in [-0.39, 0.29) is 0 Å². The van der Waals surface area contributed by atoms with E-state index in [0.717, 1.165) is 29.0 Å². The third-order valence-electron chi connectivity index (χ3n) is 5.40. The molecule has 29 heavy (non-hydrogen) atoms. The zero-order chi connectivity index (χ0) is 19.8. The van der Waals surface area contributed by atoms with Gasteiger partial charge in [-0.2, -0.15) is 0 Å². The van der Waals surface area contributed by atoms with Crippen LogP contribution < -0.4 is 5.32 Å². The zero-order valence-corrected chi connectivity index (χ0v) is 17.3. The third-order valence-corrected chi connectivity index (χ3v) is 6.29. The first-order chi connectivity index (χ1) is 14.2. The number of hydrogen-bond acceptors (Lipinski definition) is 4. The summed E-state index contributed by atoms with van der Waals surface area (Å²) in [6, 6.07) is 15.0. The molecule has 0 spiro atoms. The summed E-state index contributed by atoms with van der Waals surface area (Å²) in [5, 5.41) is 8.16. The Morgan fingerprint density at radius 1 is 1.03 bits per heavy atom. The van der Waals surface area contributed by atoms with Gasteiger partial charge in [-0.1, -0.05) is 42.0 Å². The second kappa shape index (κ2) is 7.33. The fourth-order valence-corrected chi connectivity index (χ4v) is 4.88. The topological polar surface area (TPSA) is 53.6 Å². The standard InChI is InChI=1S/C24H22N4S/c1-15-7-8-18(16(2)11-15)20-13-29-24-22(20)23(27-14-28-24)25-10-9-17-12-26-21-6-4-3-5-19(17)21/h3-8,11-14,26H,9-10H2,1-2H3,(H,25,27,28). The molecule has 0 unspecified atom stereocenters. The van der Waals surface area contributed by atoms with Gasteiger partial charge in [0.15, 0.2) is 0 Å². The van der Waals surface area contributed by atoms with E-state index < -0.39 is 0 Å². The van der Waals surface area contributed by atoms with Crippen LogP contribution in [0.15, 0.2) is 60.4 Å². The van der Waals surface area contributed by atoms with Crippen LogP contribution in [0.5, 0.6) is 0 Å². The molecule has 4 nitrogen and oxygen atoms in total. The lowest BCUT2D eigenvalue weighted by atomic mass is 9.99. The van der Waals surface area contributed by atoms with Gasteiger partial charge >= 0.3 is 0 Å². The van der Waals surface area contributed by atoms with E-state index in [9.17, 15) is 0 Å². The Kier molecular flexibility index (Phi) is 4.52. The highest BCUT2D eigenvalue weighted by atomic mass is 32.1. The molecule has 5 aromatic rings. The minimum Gasteiger partial charge on any atom is -0.369 e. The first kappa shape index (κ1) is 17.9. The number of aromatic amines is 1. The molecular formula is C24H22N4S. The summed E-state index contributed by atoms with van der Waals surface area (Å²) >= 11 is 1.67. The van der Waals surface area contributed by atoms with Crippen molar-refractivity contribution in [1.29, 1.82) is 0 Å². The summed E-state index contributed by atoms with van der Waals surface area (Å²) < 4.78 is 0. The van der Waals surface area contributed by atoms with E-state index in [1.807, 2.05) is 0 Å².